The van der Waals surface area contributed by atoms with Crippen molar-refractivity contribution in [1.82, 2.24) is 4.90 Å². The number of ether oxygens (including phenoxy) is 1. The van der Waals surface area contributed by atoms with Crippen LogP contribution in [0, 0.1) is 0 Å². The lowest BCUT2D eigenvalue weighted by atomic mass is 10.3. The van der Waals surface area contributed by atoms with Gasteiger partial charge in [-0.25, -0.2) is 0 Å². The van der Waals surface area contributed by atoms with E-state index in [1.54, 1.807) is 7.11 Å². The summed E-state index contributed by atoms with van der Waals surface area (Å²) in [5.74, 6) is 0. The molecule has 0 aromatic carbocycles. The monoisotopic (exact) mass is 145 g/mol. The van der Waals surface area contributed by atoms with Crippen LogP contribution < -0.4 is 0 Å². The largest absolute Gasteiger partial charge is 0.383 e. The molecule has 0 aliphatic heterocycles. The van der Waals surface area contributed by atoms with Crippen LogP contribution in [0.3, 0.4) is 0 Å². The molecule has 0 spiro atoms. The smallest absolute Gasteiger partial charge is 0.0615 e. The number of hydrogen-bond acceptors (Lipinski definition) is 2. The summed E-state index contributed by atoms with van der Waals surface area (Å²) in [4.78, 5) is 2.38. The summed E-state index contributed by atoms with van der Waals surface area (Å²) < 4.78 is 5.05. The Morgan fingerprint density at radius 3 is 2.10 bits per heavy atom. The van der Waals surface area contributed by atoms with Crippen LogP contribution in [0.25, 0.3) is 0 Å². The summed E-state index contributed by atoms with van der Waals surface area (Å²) in [7, 11) is 1.75. The highest BCUT2D eigenvalue weighted by Crippen LogP contribution is 1.97. The minimum atomic E-state index is 0.556. The quantitative estimate of drug-likeness (QED) is 0.579. The molecule has 0 amide bonds. The molecule has 2 heteroatoms. The molecular weight excluding hydrogens is 126 g/mol. The Kier molecular flexibility index (Phi) is 5.64. The van der Waals surface area contributed by atoms with E-state index < -0.39 is 0 Å². The van der Waals surface area contributed by atoms with Crippen molar-refractivity contribution in [3.05, 3.63) is 0 Å². The van der Waals surface area contributed by atoms with Crippen LogP contribution in [-0.4, -0.2) is 37.7 Å². The van der Waals surface area contributed by atoms with Crippen molar-refractivity contribution in [1.29, 1.82) is 0 Å². The summed E-state index contributed by atoms with van der Waals surface area (Å²) in [5.41, 5.74) is 0. The lowest BCUT2D eigenvalue weighted by Gasteiger charge is -2.25. The van der Waals surface area contributed by atoms with E-state index in [1.807, 2.05) is 0 Å². The standard InChI is InChI=1S/C8H19NO/c1-5-9(6-2)8(3)7-10-4/h8H,5-7H2,1-4H3/t8-/m0/s1. The highest BCUT2D eigenvalue weighted by molar-refractivity contribution is 4.62. The van der Waals surface area contributed by atoms with Crippen molar-refractivity contribution < 1.29 is 4.74 Å². The van der Waals surface area contributed by atoms with Crippen molar-refractivity contribution in [2.75, 3.05) is 26.8 Å². The Balaban J connectivity index is 3.53. The van der Waals surface area contributed by atoms with E-state index in [4.69, 9.17) is 4.74 Å². The first-order valence-electron chi connectivity index (χ1n) is 3.99. The van der Waals surface area contributed by atoms with Crippen molar-refractivity contribution in [2.45, 2.75) is 26.8 Å². The van der Waals surface area contributed by atoms with E-state index in [-0.39, 0.29) is 0 Å². The maximum Gasteiger partial charge on any atom is 0.0615 e. The Labute approximate surface area is 64.2 Å². The minimum absolute atomic E-state index is 0.556. The molecule has 62 valence electrons. The Morgan fingerprint density at radius 1 is 1.30 bits per heavy atom. The third-order valence-corrected chi connectivity index (χ3v) is 1.84. The predicted molar refractivity (Wildman–Crippen MR) is 44.3 cm³/mol. The van der Waals surface area contributed by atoms with E-state index in [2.05, 4.69) is 25.7 Å². The molecule has 0 aromatic heterocycles. The second kappa shape index (κ2) is 5.69. The van der Waals surface area contributed by atoms with Gasteiger partial charge in [-0.2, -0.15) is 0 Å². The number of nitrogens with zero attached hydrogens (tertiary/aromatic N) is 1. The zero-order valence-electron chi connectivity index (χ0n) is 7.55. The van der Waals surface area contributed by atoms with Gasteiger partial charge in [-0.3, -0.25) is 4.90 Å². The van der Waals surface area contributed by atoms with Crippen molar-refractivity contribution in [3.63, 3.8) is 0 Å². The number of likely N-dealkylation sites (N-methyl/N-ethyl adjacent to an activating group) is 1. The van der Waals surface area contributed by atoms with Crippen LogP contribution >= 0.6 is 0 Å². The van der Waals surface area contributed by atoms with Crippen LogP contribution in [0.1, 0.15) is 20.8 Å². The molecule has 0 aliphatic rings. The van der Waals surface area contributed by atoms with Crippen LogP contribution in [-0.2, 0) is 4.74 Å². The Morgan fingerprint density at radius 2 is 1.80 bits per heavy atom. The first-order valence-corrected chi connectivity index (χ1v) is 3.99. The van der Waals surface area contributed by atoms with Crippen molar-refractivity contribution in [2.24, 2.45) is 0 Å². The van der Waals surface area contributed by atoms with Gasteiger partial charge in [0.15, 0.2) is 0 Å². The highest BCUT2D eigenvalue weighted by atomic mass is 16.5. The molecule has 0 saturated carbocycles. The maximum absolute atomic E-state index is 5.05. The molecule has 1 atom stereocenters. The molecular formula is C8H19NO. The average Bonchev–Trinajstić information content (AvgIpc) is 1.91. The van der Waals surface area contributed by atoms with Gasteiger partial charge in [0.25, 0.3) is 0 Å². The van der Waals surface area contributed by atoms with E-state index in [0.29, 0.717) is 6.04 Å². The molecule has 0 rings (SSSR count). The lowest BCUT2D eigenvalue weighted by Crippen LogP contribution is -2.35. The van der Waals surface area contributed by atoms with Gasteiger partial charge in [0, 0.05) is 13.2 Å². The normalized spacial score (nSPS) is 14.1. The van der Waals surface area contributed by atoms with E-state index in [1.165, 1.54) is 0 Å². The lowest BCUT2D eigenvalue weighted by molar-refractivity contribution is 0.106. The molecule has 0 unspecified atom stereocenters. The fourth-order valence-corrected chi connectivity index (χ4v) is 1.19. The minimum Gasteiger partial charge on any atom is -0.383 e. The summed E-state index contributed by atoms with van der Waals surface area (Å²) in [6.45, 7) is 9.60. The molecule has 0 aliphatic carbocycles. The molecule has 0 bridgehead atoms. The van der Waals surface area contributed by atoms with Gasteiger partial charge in [-0.05, 0) is 20.0 Å². The molecule has 0 aromatic rings. The molecule has 0 radical (unpaired) electrons. The summed E-state index contributed by atoms with van der Waals surface area (Å²) in [6, 6.07) is 0.556. The van der Waals surface area contributed by atoms with Crippen molar-refractivity contribution >= 4 is 0 Å². The Bertz CT molecular complexity index is 71.7. The van der Waals surface area contributed by atoms with Crippen LogP contribution in [0.5, 0.6) is 0 Å². The molecule has 2 nitrogen and oxygen atoms in total. The van der Waals surface area contributed by atoms with Gasteiger partial charge in [-0.15, -0.1) is 0 Å². The topological polar surface area (TPSA) is 12.5 Å². The number of hydrogen-bond donors (Lipinski definition) is 0. The SMILES string of the molecule is CCN(CC)[C@@H](C)COC. The average molecular weight is 145 g/mol. The maximum atomic E-state index is 5.05. The third-order valence-electron chi connectivity index (χ3n) is 1.84. The van der Waals surface area contributed by atoms with Crippen LogP contribution in [0.2, 0.25) is 0 Å². The molecule has 0 heterocycles. The van der Waals surface area contributed by atoms with Crippen molar-refractivity contribution in [3.8, 4) is 0 Å². The van der Waals surface area contributed by atoms with E-state index >= 15 is 0 Å². The van der Waals surface area contributed by atoms with Crippen LogP contribution in [0.15, 0.2) is 0 Å². The zero-order chi connectivity index (χ0) is 7.98. The van der Waals surface area contributed by atoms with E-state index in [0.717, 1.165) is 19.7 Å². The first-order chi connectivity index (χ1) is 4.76. The predicted octanol–water partition coefficient (Wildman–Crippen LogP) is 1.36. The van der Waals surface area contributed by atoms with Gasteiger partial charge in [0.05, 0.1) is 6.61 Å². The highest BCUT2D eigenvalue weighted by Gasteiger charge is 2.07. The van der Waals surface area contributed by atoms with E-state index in [9.17, 15) is 0 Å². The summed E-state index contributed by atoms with van der Waals surface area (Å²) >= 11 is 0. The second-order valence-electron chi connectivity index (χ2n) is 2.53. The molecule has 10 heavy (non-hydrogen) atoms. The third kappa shape index (κ3) is 3.18. The van der Waals surface area contributed by atoms with Gasteiger partial charge in [-0.1, -0.05) is 13.8 Å². The van der Waals surface area contributed by atoms with Gasteiger partial charge < -0.3 is 4.74 Å². The van der Waals surface area contributed by atoms with Gasteiger partial charge in [0.1, 0.15) is 0 Å². The molecule has 0 fully saturated rings. The Hall–Kier alpha value is -0.0800. The molecule has 0 saturated heterocycles. The van der Waals surface area contributed by atoms with Crippen LogP contribution in [0.4, 0.5) is 0 Å². The number of rotatable bonds is 5. The summed E-state index contributed by atoms with van der Waals surface area (Å²) in [5, 5.41) is 0. The fraction of sp³-hybridized carbons (Fsp3) is 1.00. The van der Waals surface area contributed by atoms with Gasteiger partial charge in [0.2, 0.25) is 0 Å². The molecule has 0 N–H and O–H groups in total. The second-order valence-corrected chi connectivity index (χ2v) is 2.53. The fourth-order valence-electron chi connectivity index (χ4n) is 1.19. The first kappa shape index (κ1) is 9.92. The number of methoxy groups -OCH3 is 1. The summed E-state index contributed by atoms with van der Waals surface area (Å²) in [6.07, 6.45) is 0. The van der Waals surface area contributed by atoms with Gasteiger partial charge >= 0.3 is 0 Å². The zero-order valence-corrected chi connectivity index (χ0v) is 7.55.